The second-order valence-electron chi connectivity index (χ2n) is 2.73. The average Bonchev–Trinajstić information content (AvgIpc) is 2.18. The van der Waals surface area contributed by atoms with Gasteiger partial charge in [0, 0.05) is 10.0 Å². The van der Waals surface area contributed by atoms with Gasteiger partial charge in [0.25, 0.3) is 0 Å². The smallest absolute Gasteiger partial charge is 0.139 e. The van der Waals surface area contributed by atoms with E-state index >= 15 is 0 Å². The molecule has 4 heteroatoms. The summed E-state index contributed by atoms with van der Waals surface area (Å²) in [5.74, 6) is -0.0886. The average molecular weight is 253 g/mol. The lowest BCUT2D eigenvalue weighted by Gasteiger charge is -2.12. The second kappa shape index (κ2) is 4.27. The third kappa shape index (κ3) is 1.79. The zero-order valence-electron chi connectivity index (χ0n) is 7.37. The van der Waals surface area contributed by atoms with Crippen LogP contribution in [-0.2, 0) is 0 Å². The first-order valence-corrected chi connectivity index (χ1v) is 4.70. The Labute approximate surface area is 90.6 Å². The predicted molar refractivity (Wildman–Crippen MR) is 57.6 cm³/mol. The Balaban J connectivity index is 3.41. The molecular weight excluding hydrogens is 244 g/mol. The lowest BCUT2D eigenvalue weighted by molar-refractivity contribution is 0.463. The van der Waals surface area contributed by atoms with Gasteiger partial charge >= 0.3 is 0 Å². The van der Waals surface area contributed by atoms with Crippen LogP contribution in [0.1, 0.15) is 17.2 Å². The van der Waals surface area contributed by atoms with Crippen molar-refractivity contribution in [1.82, 2.24) is 0 Å². The zero-order valence-corrected chi connectivity index (χ0v) is 8.95. The maximum absolute atomic E-state index is 9.69. The highest BCUT2D eigenvalue weighted by Gasteiger charge is 2.15. The Morgan fingerprint density at radius 3 is 2.79 bits per heavy atom. The topological polar surface area (TPSA) is 70.0 Å². The minimum absolute atomic E-state index is 0.0886. The standard InChI is InChI=1S/C10H9BrN2O/c1-2-8(13)9-7(11)4-3-6(5-12)10(9)14/h2-4,8,14H,1,13H2/t8-/m0/s1. The van der Waals surface area contributed by atoms with Crippen LogP contribution < -0.4 is 5.73 Å². The molecule has 0 bridgehead atoms. The highest BCUT2D eigenvalue weighted by molar-refractivity contribution is 9.10. The molecule has 1 aromatic carbocycles. The number of benzene rings is 1. The molecule has 0 heterocycles. The molecule has 0 saturated carbocycles. The van der Waals surface area contributed by atoms with E-state index in [1.54, 1.807) is 6.07 Å². The first kappa shape index (κ1) is 10.8. The second-order valence-corrected chi connectivity index (χ2v) is 3.58. The number of halogens is 1. The number of hydrogen-bond donors (Lipinski definition) is 2. The van der Waals surface area contributed by atoms with Gasteiger partial charge in [-0.05, 0) is 12.1 Å². The first-order valence-electron chi connectivity index (χ1n) is 3.91. The number of aromatic hydroxyl groups is 1. The number of nitriles is 1. The molecule has 0 unspecified atom stereocenters. The van der Waals surface area contributed by atoms with Gasteiger partial charge in [0.1, 0.15) is 11.8 Å². The first-order chi connectivity index (χ1) is 6.61. The number of nitrogens with zero attached hydrogens (tertiary/aromatic N) is 1. The maximum atomic E-state index is 9.69. The van der Waals surface area contributed by atoms with Crippen LogP contribution >= 0.6 is 15.9 Å². The molecule has 0 aliphatic rings. The van der Waals surface area contributed by atoms with Crippen molar-refractivity contribution in [2.45, 2.75) is 6.04 Å². The largest absolute Gasteiger partial charge is 0.506 e. The molecule has 0 aliphatic carbocycles. The molecule has 0 spiro atoms. The van der Waals surface area contributed by atoms with Crippen LogP contribution in [0.5, 0.6) is 5.75 Å². The van der Waals surface area contributed by atoms with Crippen LogP contribution in [0.4, 0.5) is 0 Å². The van der Waals surface area contributed by atoms with Crippen molar-refractivity contribution >= 4 is 15.9 Å². The molecular formula is C10H9BrN2O. The Morgan fingerprint density at radius 2 is 2.29 bits per heavy atom. The zero-order chi connectivity index (χ0) is 10.7. The third-order valence-electron chi connectivity index (χ3n) is 1.87. The van der Waals surface area contributed by atoms with Gasteiger partial charge in [-0.25, -0.2) is 0 Å². The molecule has 0 aromatic heterocycles. The van der Waals surface area contributed by atoms with Crippen LogP contribution in [-0.4, -0.2) is 5.11 Å². The fraction of sp³-hybridized carbons (Fsp3) is 0.100. The summed E-state index contributed by atoms with van der Waals surface area (Å²) in [5, 5.41) is 18.4. The molecule has 1 atom stereocenters. The quantitative estimate of drug-likeness (QED) is 0.794. The molecule has 3 nitrogen and oxygen atoms in total. The molecule has 0 radical (unpaired) electrons. The lowest BCUT2D eigenvalue weighted by atomic mass is 10.0. The Bertz CT molecular complexity index is 409. The summed E-state index contributed by atoms with van der Waals surface area (Å²) < 4.78 is 0.668. The summed E-state index contributed by atoms with van der Waals surface area (Å²) in [7, 11) is 0. The van der Waals surface area contributed by atoms with E-state index in [9.17, 15) is 5.11 Å². The maximum Gasteiger partial charge on any atom is 0.139 e. The summed E-state index contributed by atoms with van der Waals surface area (Å²) >= 11 is 3.25. The van der Waals surface area contributed by atoms with Crippen molar-refractivity contribution < 1.29 is 5.11 Å². The number of hydrogen-bond acceptors (Lipinski definition) is 3. The Morgan fingerprint density at radius 1 is 1.64 bits per heavy atom. The summed E-state index contributed by atoms with van der Waals surface area (Å²) in [6, 6.07) is 4.60. The molecule has 0 amide bonds. The summed E-state index contributed by atoms with van der Waals surface area (Å²) in [5.41, 5.74) is 6.40. The van der Waals surface area contributed by atoms with Gasteiger partial charge in [-0.3, -0.25) is 0 Å². The van der Waals surface area contributed by atoms with Gasteiger partial charge in [0.05, 0.1) is 11.6 Å². The van der Waals surface area contributed by atoms with E-state index in [4.69, 9.17) is 11.0 Å². The number of phenolic OH excluding ortho intramolecular Hbond substituents is 1. The van der Waals surface area contributed by atoms with Crippen LogP contribution in [0.3, 0.4) is 0 Å². The van der Waals surface area contributed by atoms with E-state index in [1.807, 2.05) is 6.07 Å². The van der Waals surface area contributed by atoms with Crippen molar-refractivity contribution in [3.05, 3.63) is 40.4 Å². The van der Waals surface area contributed by atoms with Crippen LogP contribution in [0, 0.1) is 11.3 Å². The molecule has 1 rings (SSSR count). The van der Waals surface area contributed by atoms with Gasteiger partial charge in [-0.1, -0.05) is 22.0 Å². The van der Waals surface area contributed by atoms with Crippen LogP contribution in [0.25, 0.3) is 0 Å². The fourth-order valence-electron chi connectivity index (χ4n) is 1.11. The van der Waals surface area contributed by atoms with Crippen molar-refractivity contribution in [3.8, 4) is 11.8 Å². The Hall–Kier alpha value is -1.31. The van der Waals surface area contributed by atoms with E-state index < -0.39 is 6.04 Å². The summed E-state index contributed by atoms with van der Waals surface area (Å²) in [4.78, 5) is 0. The highest BCUT2D eigenvalue weighted by Crippen LogP contribution is 2.33. The van der Waals surface area contributed by atoms with E-state index in [2.05, 4.69) is 22.5 Å². The molecule has 3 N–H and O–H groups in total. The molecule has 0 saturated heterocycles. The monoisotopic (exact) mass is 252 g/mol. The van der Waals surface area contributed by atoms with Crippen LogP contribution in [0.2, 0.25) is 0 Å². The minimum Gasteiger partial charge on any atom is -0.506 e. The molecule has 14 heavy (non-hydrogen) atoms. The number of rotatable bonds is 2. The van der Waals surface area contributed by atoms with Crippen molar-refractivity contribution in [2.24, 2.45) is 5.73 Å². The number of nitrogens with two attached hydrogens (primary N) is 1. The molecule has 72 valence electrons. The van der Waals surface area contributed by atoms with Gasteiger partial charge < -0.3 is 10.8 Å². The van der Waals surface area contributed by atoms with Crippen LogP contribution in [0.15, 0.2) is 29.3 Å². The highest BCUT2D eigenvalue weighted by atomic mass is 79.9. The Kier molecular flexibility index (Phi) is 3.28. The molecule has 0 fully saturated rings. The van der Waals surface area contributed by atoms with E-state index in [0.29, 0.717) is 10.0 Å². The lowest BCUT2D eigenvalue weighted by Crippen LogP contribution is -2.08. The van der Waals surface area contributed by atoms with E-state index in [-0.39, 0.29) is 11.3 Å². The summed E-state index contributed by atoms with van der Waals surface area (Å²) in [6.07, 6.45) is 1.50. The SMILES string of the molecule is C=C[C@H](N)c1c(Br)ccc(C#N)c1O. The predicted octanol–water partition coefficient (Wildman–Crippen LogP) is 2.21. The summed E-state index contributed by atoms with van der Waals surface area (Å²) in [6.45, 7) is 3.53. The fourth-order valence-corrected chi connectivity index (χ4v) is 1.69. The van der Waals surface area contributed by atoms with Crippen molar-refractivity contribution in [2.75, 3.05) is 0 Å². The van der Waals surface area contributed by atoms with E-state index in [1.165, 1.54) is 12.1 Å². The minimum atomic E-state index is -0.488. The van der Waals surface area contributed by atoms with Gasteiger partial charge in [0.15, 0.2) is 0 Å². The normalized spacial score (nSPS) is 11.8. The van der Waals surface area contributed by atoms with E-state index in [0.717, 1.165) is 0 Å². The third-order valence-corrected chi connectivity index (χ3v) is 2.56. The molecule has 0 aliphatic heterocycles. The van der Waals surface area contributed by atoms with Crippen molar-refractivity contribution in [1.29, 1.82) is 5.26 Å². The van der Waals surface area contributed by atoms with Gasteiger partial charge in [0.2, 0.25) is 0 Å². The number of phenols is 1. The van der Waals surface area contributed by atoms with Crippen molar-refractivity contribution in [3.63, 3.8) is 0 Å². The van der Waals surface area contributed by atoms with Gasteiger partial charge in [-0.15, -0.1) is 6.58 Å². The molecule has 1 aromatic rings. The van der Waals surface area contributed by atoms with Gasteiger partial charge in [-0.2, -0.15) is 5.26 Å².